The van der Waals surface area contributed by atoms with Crippen molar-refractivity contribution >= 4 is 5.91 Å². The number of rotatable bonds is 7. The number of hydrogen-bond donors (Lipinski definition) is 2. The average Bonchev–Trinajstić information content (AvgIpc) is 2.60. The van der Waals surface area contributed by atoms with Crippen LogP contribution in [0, 0.1) is 0 Å². The first-order chi connectivity index (χ1) is 11.5. The van der Waals surface area contributed by atoms with Gasteiger partial charge in [0.1, 0.15) is 0 Å². The minimum Gasteiger partial charge on any atom is -0.348 e. The topological polar surface area (TPSA) is 58.4 Å². The summed E-state index contributed by atoms with van der Waals surface area (Å²) < 4.78 is 0. The van der Waals surface area contributed by atoms with Gasteiger partial charge in [0.05, 0.1) is 0 Å². The number of nitrogens with zero attached hydrogens (tertiary/aromatic N) is 1. The predicted octanol–water partition coefficient (Wildman–Crippen LogP) is 2.92. The second-order valence-electron chi connectivity index (χ2n) is 6.41. The number of nitrogens with two attached hydrogens (primary N) is 1. The lowest BCUT2D eigenvalue weighted by Crippen LogP contribution is -2.26. The lowest BCUT2D eigenvalue weighted by molar-refractivity contribution is 0.0951. The van der Waals surface area contributed by atoms with E-state index in [4.69, 9.17) is 5.73 Å². The molecule has 0 aliphatic rings. The van der Waals surface area contributed by atoms with Crippen molar-refractivity contribution in [1.29, 1.82) is 0 Å². The number of carbonyl (C=O) groups is 1. The van der Waals surface area contributed by atoms with Crippen molar-refractivity contribution in [3.63, 3.8) is 0 Å². The fourth-order valence-electron chi connectivity index (χ4n) is 2.39. The second kappa shape index (κ2) is 8.62. The molecule has 0 spiro atoms. The number of amides is 1. The van der Waals surface area contributed by atoms with E-state index in [1.54, 1.807) is 0 Å². The van der Waals surface area contributed by atoms with Gasteiger partial charge in [0.15, 0.2) is 0 Å². The van der Waals surface area contributed by atoms with Crippen LogP contribution in [-0.4, -0.2) is 23.9 Å². The minimum absolute atomic E-state index is 0.0664. The van der Waals surface area contributed by atoms with E-state index < -0.39 is 0 Å². The van der Waals surface area contributed by atoms with Crippen molar-refractivity contribution < 1.29 is 4.79 Å². The molecule has 4 heteroatoms. The molecular formula is C20H27N3O. The van der Waals surface area contributed by atoms with Crippen LogP contribution in [0.1, 0.15) is 40.9 Å². The summed E-state index contributed by atoms with van der Waals surface area (Å²) in [5.74, 6) is -0.0664. The first kappa shape index (κ1) is 18.2. The van der Waals surface area contributed by atoms with Crippen molar-refractivity contribution in [3.8, 4) is 0 Å². The third-order valence-corrected chi connectivity index (χ3v) is 4.21. The van der Waals surface area contributed by atoms with Crippen LogP contribution in [0.15, 0.2) is 48.5 Å². The number of carbonyl (C=O) groups excluding carboxylic acids is 1. The van der Waals surface area contributed by atoms with Crippen LogP contribution in [0.2, 0.25) is 0 Å². The zero-order valence-electron chi connectivity index (χ0n) is 14.8. The Bertz CT molecular complexity index is 665. The van der Waals surface area contributed by atoms with Gasteiger partial charge in [-0.2, -0.15) is 0 Å². The maximum absolute atomic E-state index is 12.2. The van der Waals surface area contributed by atoms with Crippen LogP contribution in [0.25, 0.3) is 0 Å². The molecule has 1 amide bonds. The van der Waals surface area contributed by atoms with Gasteiger partial charge >= 0.3 is 0 Å². The molecule has 0 radical (unpaired) electrons. The van der Waals surface area contributed by atoms with Crippen LogP contribution in [-0.2, 0) is 19.6 Å². The van der Waals surface area contributed by atoms with Gasteiger partial charge in [-0.3, -0.25) is 9.69 Å². The van der Waals surface area contributed by atoms with Gasteiger partial charge in [-0.1, -0.05) is 36.4 Å². The summed E-state index contributed by atoms with van der Waals surface area (Å²) in [6.45, 7) is 6.27. The molecule has 0 saturated carbocycles. The number of hydrogen-bond acceptors (Lipinski definition) is 3. The minimum atomic E-state index is -0.0664. The highest BCUT2D eigenvalue weighted by atomic mass is 16.1. The average molecular weight is 325 g/mol. The lowest BCUT2D eigenvalue weighted by atomic mass is 10.1. The first-order valence-corrected chi connectivity index (χ1v) is 8.35. The molecule has 0 bridgehead atoms. The summed E-state index contributed by atoms with van der Waals surface area (Å²) in [5, 5.41) is 2.97. The fourth-order valence-corrected chi connectivity index (χ4v) is 2.39. The van der Waals surface area contributed by atoms with E-state index in [0.717, 1.165) is 17.7 Å². The summed E-state index contributed by atoms with van der Waals surface area (Å²) in [6.07, 6.45) is 0. The maximum atomic E-state index is 12.2. The van der Waals surface area contributed by atoms with Crippen LogP contribution in [0.4, 0.5) is 0 Å². The summed E-state index contributed by atoms with van der Waals surface area (Å²) in [7, 11) is 2.12. The summed E-state index contributed by atoms with van der Waals surface area (Å²) in [6, 6.07) is 16.3. The molecule has 0 unspecified atom stereocenters. The Kier molecular flexibility index (Phi) is 6.53. The van der Waals surface area contributed by atoms with Gasteiger partial charge in [-0.25, -0.2) is 0 Å². The standard InChI is InChI=1S/C20H27N3O/c1-15(2)23(3)14-18-6-4-5-17(11-18)13-22-20(24)19-9-7-16(12-21)8-10-19/h4-11,15H,12-14,21H2,1-3H3,(H,22,24). The Hall–Kier alpha value is -2.17. The van der Waals surface area contributed by atoms with Gasteiger partial charge in [-0.15, -0.1) is 0 Å². The lowest BCUT2D eigenvalue weighted by Gasteiger charge is -2.21. The zero-order valence-corrected chi connectivity index (χ0v) is 14.8. The summed E-state index contributed by atoms with van der Waals surface area (Å²) in [5.41, 5.74) is 9.61. The van der Waals surface area contributed by atoms with Crippen LogP contribution >= 0.6 is 0 Å². The molecular weight excluding hydrogens is 298 g/mol. The summed E-state index contributed by atoms with van der Waals surface area (Å²) in [4.78, 5) is 14.5. The highest BCUT2D eigenvalue weighted by molar-refractivity contribution is 5.94. The van der Waals surface area contributed by atoms with E-state index >= 15 is 0 Å². The monoisotopic (exact) mass is 325 g/mol. The maximum Gasteiger partial charge on any atom is 0.251 e. The van der Waals surface area contributed by atoms with Crippen LogP contribution in [0.3, 0.4) is 0 Å². The Labute approximate surface area is 144 Å². The zero-order chi connectivity index (χ0) is 17.5. The van der Waals surface area contributed by atoms with Crippen molar-refractivity contribution in [2.45, 2.75) is 39.5 Å². The fraction of sp³-hybridized carbons (Fsp3) is 0.350. The molecule has 0 aromatic heterocycles. The molecule has 128 valence electrons. The Morgan fingerprint density at radius 3 is 2.38 bits per heavy atom. The largest absolute Gasteiger partial charge is 0.348 e. The predicted molar refractivity (Wildman–Crippen MR) is 98.5 cm³/mol. The van der Waals surface area contributed by atoms with Gasteiger partial charge in [0, 0.05) is 31.2 Å². The molecule has 2 aromatic rings. The Morgan fingerprint density at radius 2 is 1.75 bits per heavy atom. The van der Waals surface area contributed by atoms with Gasteiger partial charge < -0.3 is 11.1 Å². The van der Waals surface area contributed by atoms with E-state index in [1.165, 1.54) is 5.56 Å². The third kappa shape index (κ3) is 5.18. The van der Waals surface area contributed by atoms with E-state index in [9.17, 15) is 4.79 Å². The molecule has 24 heavy (non-hydrogen) atoms. The molecule has 0 atom stereocenters. The van der Waals surface area contributed by atoms with Crippen molar-refractivity contribution in [2.75, 3.05) is 7.05 Å². The number of benzene rings is 2. The third-order valence-electron chi connectivity index (χ3n) is 4.21. The normalized spacial score (nSPS) is 11.1. The smallest absolute Gasteiger partial charge is 0.251 e. The second-order valence-corrected chi connectivity index (χ2v) is 6.41. The van der Waals surface area contributed by atoms with Crippen molar-refractivity contribution in [1.82, 2.24) is 10.2 Å². The molecule has 0 aliphatic heterocycles. The van der Waals surface area contributed by atoms with Crippen LogP contribution in [0.5, 0.6) is 0 Å². The Morgan fingerprint density at radius 1 is 1.08 bits per heavy atom. The van der Waals surface area contributed by atoms with Gasteiger partial charge in [0.25, 0.3) is 5.91 Å². The summed E-state index contributed by atoms with van der Waals surface area (Å²) >= 11 is 0. The van der Waals surface area contributed by atoms with Gasteiger partial charge in [-0.05, 0) is 49.7 Å². The Balaban J connectivity index is 1.94. The molecule has 3 N–H and O–H groups in total. The van der Waals surface area contributed by atoms with E-state index in [-0.39, 0.29) is 5.91 Å². The van der Waals surface area contributed by atoms with E-state index in [0.29, 0.717) is 24.7 Å². The highest BCUT2D eigenvalue weighted by Gasteiger charge is 2.07. The molecule has 0 fully saturated rings. The first-order valence-electron chi connectivity index (χ1n) is 8.35. The molecule has 2 aromatic carbocycles. The molecule has 0 heterocycles. The van der Waals surface area contributed by atoms with Crippen LogP contribution < -0.4 is 11.1 Å². The molecule has 2 rings (SSSR count). The molecule has 0 saturated heterocycles. The van der Waals surface area contributed by atoms with E-state index in [1.807, 2.05) is 36.4 Å². The molecule has 4 nitrogen and oxygen atoms in total. The molecule has 0 aliphatic carbocycles. The van der Waals surface area contributed by atoms with Gasteiger partial charge in [0.2, 0.25) is 0 Å². The van der Waals surface area contributed by atoms with Crippen molar-refractivity contribution in [3.05, 3.63) is 70.8 Å². The van der Waals surface area contributed by atoms with E-state index in [2.05, 4.69) is 43.2 Å². The SMILES string of the molecule is CC(C)N(C)Cc1cccc(CNC(=O)c2ccc(CN)cc2)c1. The quantitative estimate of drug-likeness (QED) is 0.823. The highest BCUT2D eigenvalue weighted by Crippen LogP contribution is 2.10. The van der Waals surface area contributed by atoms with Crippen molar-refractivity contribution in [2.24, 2.45) is 5.73 Å². The number of nitrogens with one attached hydrogen (secondary N) is 1.